The fourth-order valence-electron chi connectivity index (χ4n) is 0.829. The summed E-state index contributed by atoms with van der Waals surface area (Å²) < 4.78 is 53.7. The van der Waals surface area contributed by atoms with Crippen molar-refractivity contribution in [2.75, 3.05) is 13.2 Å². The molecule has 7 heteroatoms. The standard InChI is InChI=1S/C8H7F4NO2/c9-6-3-5(8(10,11)12)4-13-7(6)15-2-1-14/h3-4,14H,1-2H2. The highest BCUT2D eigenvalue weighted by atomic mass is 19.4. The van der Waals surface area contributed by atoms with E-state index in [0.717, 1.165) is 0 Å². The maximum Gasteiger partial charge on any atom is 0.417 e. The van der Waals surface area contributed by atoms with Crippen LogP contribution in [0.4, 0.5) is 17.6 Å². The summed E-state index contributed by atoms with van der Waals surface area (Å²) >= 11 is 0. The Balaban J connectivity index is 2.88. The molecule has 0 fully saturated rings. The minimum absolute atomic E-state index is 0.227. The summed E-state index contributed by atoms with van der Waals surface area (Å²) in [5.41, 5.74) is -1.18. The third kappa shape index (κ3) is 3.05. The molecule has 0 bridgehead atoms. The molecule has 0 unspecified atom stereocenters. The van der Waals surface area contributed by atoms with E-state index in [1.807, 2.05) is 0 Å². The Bertz CT molecular complexity index is 340. The van der Waals surface area contributed by atoms with Crippen molar-refractivity contribution in [2.24, 2.45) is 0 Å². The first-order valence-corrected chi connectivity index (χ1v) is 3.91. The van der Waals surface area contributed by atoms with E-state index in [1.54, 1.807) is 0 Å². The van der Waals surface area contributed by atoms with Crippen molar-refractivity contribution >= 4 is 0 Å². The molecule has 84 valence electrons. The molecule has 0 radical (unpaired) electrons. The highest BCUT2D eigenvalue weighted by molar-refractivity contribution is 5.22. The number of aliphatic hydroxyl groups excluding tert-OH is 1. The monoisotopic (exact) mass is 225 g/mol. The zero-order valence-corrected chi connectivity index (χ0v) is 7.38. The van der Waals surface area contributed by atoms with E-state index in [1.165, 1.54) is 0 Å². The van der Waals surface area contributed by atoms with Crippen LogP contribution >= 0.6 is 0 Å². The molecular weight excluding hydrogens is 218 g/mol. The van der Waals surface area contributed by atoms with E-state index in [-0.39, 0.29) is 13.2 Å². The second-order valence-electron chi connectivity index (χ2n) is 2.58. The van der Waals surface area contributed by atoms with Gasteiger partial charge in [0.25, 0.3) is 0 Å². The Hall–Kier alpha value is -1.37. The number of alkyl halides is 3. The molecule has 0 aliphatic carbocycles. The van der Waals surface area contributed by atoms with Gasteiger partial charge < -0.3 is 9.84 Å². The smallest absolute Gasteiger partial charge is 0.417 e. The first kappa shape index (κ1) is 11.7. The molecule has 0 saturated heterocycles. The summed E-state index contributed by atoms with van der Waals surface area (Å²) in [5, 5.41) is 8.35. The molecule has 0 amide bonds. The Morgan fingerprint density at radius 3 is 2.53 bits per heavy atom. The lowest BCUT2D eigenvalue weighted by Gasteiger charge is -2.08. The number of hydrogen-bond donors (Lipinski definition) is 1. The predicted octanol–water partition coefficient (Wildman–Crippen LogP) is 1.61. The second kappa shape index (κ2) is 4.43. The van der Waals surface area contributed by atoms with Crippen molar-refractivity contribution in [1.82, 2.24) is 4.98 Å². The zero-order valence-electron chi connectivity index (χ0n) is 7.38. The fraction of sp³-hybridized carbons (Fsp3) is 0.375. The van der Waals surface area contributed by atoms with Gasteiger partial charge in [-0.2, -0.15) is 13.2 Å². The van der Waals surface area contributed by atoms with Gasteiger partial charge in [-0.05, 0) is 6.07 Å². The van der Waals surface area contributed by atoms with Gasteiger partial charge in [0.1, 0.15) is 6.61 Å². The van der Waals surface area contributed by atoms with E-state index in [0.29, 0.717) is 12.3 Å². The molecule has 0 aromatic carbocycles. The number of halogens is 4. The SMILES string of the molecule is OCCOc1ncc(C(F)(F)F)cc1F. The summed E-state index contributed by atoms with van der Waals surface area (Å²) in [7, 11) is 0. The van der Waals surface area contributed by atoms with Gasteiger partial charge in [-0.15, -0.1) is 0 Å². The lowest BCUT2D eigenvalue weighted by molar-refractivity contribution is -0.138. The average molecular weight is 225 g/mol. The third-order valence-electron chi connectivity index (χ3n) is 1.46. The molecule has 0 saturated carbocycles. The summed E-state index contributed by atoms with van der Waals surface area (Å²) in [5.74, 6) is -1.77. The Kier molecular flexibility index (Phi) is 3.46. The number of pyridine rings is 1. The van der Waals surface area contributed by atoms with Crippen LogP contribution in [-0.2, 0) is 6.18 Å². The molecule has 0 spiro atoms. The van der Waals surface area contributed by atoms with E-state index < -0.39 is 23.4 Å². The lowest BCUT2D eigenvalue weighted by Crippen LogP contribution is -2.09. The normalized spacial score (nSPS) is 11.5. The van der Waals surface area contributed by atoms with Crippen LogP contribution in [-0.4, -0.2) is 23.3 Å². The minimum Gasteiger partial charge on any atom is -0.473 e. The van der Waals surface area contributed by atoms with Crippen LogP contribution in [0.1, 0.15) is 5.56 Å². The molecule has 0 aliphatic rings. The summed E-state index contributed by atoms with van der Waals surface area (Å²) in [6.07, 6.45) is -4.17. The highest BCUT2D eigenvalue weighted by Gasteiger charge is 2.32. The molecule has 1 rings (SSSR count). The maximum absolute atomic E-state index is 12.9. The van der Waals surface area contributed by atoms with Crippen molar-refractivity contribution in [1.29, 1.82) is 0 Å². The van der Waals surface area contributed by atoms with Crippen molar-refractivity contribution < 1.29 is 27.4 Å². The number of aliphatic hydroxyl groups is 1. The van der Waals surface area contributed by atoms with Gasteiger partial charge in [0.2, 0.25) is 5.88 Å². The Morgan fingerprint density at radius 2 is 2.07 bits per heavy atom. The highest BCUT2D eigenvalue weighted by Crippen LogP contribution is 2.30. The number of rotatable bonds is 3. The third-order valence-corrected chi connectivity index (χ3v) is 1.46. The quantitative estimate of drug-likeness (QED) is 0.794. The number of hydrogen-bond acceptors (Lipinski definition) is 3. The van der Waals surface area contributed by atoms with E-state index in [4.69, 9.17) is 5.11 Å². The summed E-state index contributed by atoms with van der Waals surface area (Å²) in [6.45, 7) is -0.600. The van der Waals surface area contributed by atoms with Crippen LogP contribution in [0.25, 0.3) is 0 Å². The molecular formula is C8H7F4NO2. The van der Waals surface area contributed by atoms with Crippen molar-refractivity contribution in [3.05, 3.63) is 23.6 Å². The number of aromatic nitrogens is 1. The van der Waals surface area contributed by atoms with Crippen LogP contribution in [0.15, 0.2) is 12.3 Å². The minimum atomic E-state index is -4.64. The van der Waals surface area contributed by atoms with Gasteiger partial charge in [-0.25, -0.2) is 9.37 Å². The molecule has 15 heavy (non-hydrogen) atoms. The van der Waals surface area contributed by atoms with Crippen LogP contribution in [0.3, 0.4) is 0 Å². The molecule has 1 N–H and O–H groups in total. The van der Waals surface area contributed by atoms with Crippen molar-refractivity contribution in [3.63, 3.8) is 0 Å². The summed E-state index contributed by atoms with van der Waals surface area (Å²) in [4.78, 5) is 3.15. The van der Waals surface area contributed by atoms with Gasteiger partial charge in [0.05, 0.1) is 12.2 Å². The Morgan fingerprint density at radius 1 is 1.40 bits per heavy atom. The van der Waals surface area contributed by atoms with Gasteiger partial charge in [0, 0.05) is 6.20 Å². The van der Waals surface area contributed by atoms with Crippen molar-refractivity contribution in [3.8, 4) is 5.88 Å². The second-order valence-corrected chi connectivity index (χ2v) is 2.58. The largest absolute Gasteiger partial charge is 0.473 e. The predicted molar refractivity (Wildman–Crippen MR) is 41.8 cm³/mol. The summed E-state index contributed by atoms with van der Waals surface area (Å²) in [6, 6.07) is 0.291. The van der Waals surface area contributed by atoms with Crippen LogP contribution < -0.4 is 4.74 Å². The average Bonchev–Trinajstić information content (AvgIpc) is 2.14. The first-order chi connectivity index (χ1) is 6.95. The van der Waals surface area contributed by atoms with Crippen molar-refractivity contribution in [2.45, 2.75) is 6.18 Å². The van der Waals surface area contributed by atoms with Gasteiger partial charge in [-0.1, -0.05) is 0 Å². The van der Waals surface area contributed by atoms with Crippen LogP contribution in [0.5, 0.6) is 5.88 Å². The molecule has 0 atom stereocenters. The van der Waals surface area contributed by atoms with E-state index in [2.05, 4.69) is 9.72 Å². The number of ether oxygens (including phenoxy) is 1. The first-order valence-electron chi connectivity index (χ1n) is 3.91. The molecule has 1 aromatic heterocycles. The topological polar surface area (TPSA) is 42.4 Å². The number of nitrogens with zero attached hydrogens (tertiary/aromatic N) is 1. The lowest BCUT2D eigenvalue weighted by atomic mass is 10.3. The van der Waals surface area contributed by atoms with Gasteiger partial charge in [-0.3, -0.25) is 0 Å². The van der Waals surface area contributed by atoms with E-state index in [9.17, 15) is 17.6 Å². The van der Waals surface area contributed by atoms with Gasteiger partial charge >= 0.3 is 6.18 Å². The maximum atomic E-state index is 12.9. The van der Waals surface area contributed by atoms with Crippen LogP contribution in [0, 0.1) is 5.82 Å². The van der Waals surface area contributed by atoms with E-state index >= 15 is 0 Å². The van der Waals surface area contributed by atoms with Gasteiger partial charge in [0.15, 0.2) is 5.82 Å². The molecule has 1 heterocycles. The molecule has 0 aliphatic heterocycles. The molecule has 1 aromatic rings. The Labute approximate surface area is 82.3 Å². The van der Waals surface area contributed by atoms with Crippen LogP contribution in [0.2, 0.25) is 0 Å². The zero-order chi connectivity index (χ0) is 11.5. The fourth-order valence-corrected chi connectivity index (χ4v) is 0.829. The molecule has 3 nitrogen and oxygen atoms in total.